The second-order valence-electron chi connectivity index (χ2n) is 5.87. The Balaban J connectivity index is 1.88. The molecule has 0 amide bonds. The summed E-state index contributed by atoms with van der Waals surface area (Å²) in [6, 6.07) is 3.39. The van der Waals surface area contributed by atoms with Gasteiger partial charge in [-0.05, 0) is 25.0 Å². The molecule has 0 bridgehead atoms. The monoisotopic (exact) mass is 373 g/mol. The van der Waals surface area contributed by atoms with E-state index in [2.05, 4.69) is 23.8 Å². The van der Waals surface area contributed by atoms with Crippen LogP contribution in [0.1, 0.15) is 47.7 Å². The topological polar surface area (TPSA) is 82.8 Å². The minimum Gasteiger partial charge on any atom is -0.483 e. The number of hydrogen-bond donors (Lipinski definition) is 0. The van der Waals surface area contributed by atoms with E-state index in [4.69, 9.17) is 9.47 Å². The van der Waals surface area contributed by atoms with Crippen molar-refractivity contribution >= 4 is 23.0 Å². The number of aromatic nitrogens is 3. The SMILES string of the molecule is CCOC(=O)c1cnc2c(OCc3nc(C(C)C)cs3)cccn2c1=O. The fourth-order valence-electron chi connectivity index (χ4n) is 2.34. The Morgan fingerprint density at radius 3 is 2.88 bits per heavy atom. The Morgan fingerprint density at radius 1 is 1.38 bits per heavy atom. The average molecular weight is 373 g/mol. The van der Waals surface area contributed by atoms with Crippen LogP contribution in [0, 0.1) is 0 Å². The maximum Gasteiger partial charge on any atom is 0.345 e. The molecule has 3 heterocycles. The van der Waals surface area contributed by atoms with E-state index in [0.29, 0.717) is 17.3 Å². The van der Waals surface area contributed by atoms with Crippen molar-refractivity contribution in [3.05, 3.63) is 56.5 Å². The van der Waals surface area contributed by atoms with Crippen LogP contribution in [0.2, 0.25) is 0 Å². The number of carbonyl (C=O) groups is 1. The minimum absolute atomic E-state index is 0.108. The van der Waals surface area contributed by atoms with Crippen molar-refractivity contribution in [2.75, 3.05) is 6.61 Å². The van der Waals surface area contributed by atoms with Crippen LogP contribution in [0.15, 0.2) is 34.7 Å². The smallest absolute Gasteiger partial charge is 0.345 e. The van der Waals surface area contributed by atoms with Crippen LogP contribution in [0.4, 0.5) is 0 Å². The van der Waals surface area contributed by atoms with Crippen molar-refractivity contribution < 1.29 is 14.3 Å². The predicted molar refractivity (Wildman–Crippen MR) is 98.0 cm³/mol. The normalized spacial score (nSPS) is 11.1. The van der Waals surface area contributed by atoms with Crippen molar-refractivity contribution in [2.24, 2.45) is 0 Å². The first kappa shape index (κ1) is 18.1. The lowest BCUT2D eigenvalue weighted by atomic mass is 10.2. The van der Waals surface area contributed by atoms with Gasteiger partial charge in [0.2, 0.25) is 0 Å². The van der Waals surface area contributed by atoms with Gasteiger partial charge in [-0.1, -0.05) is 13.8 Å². The number of carbonyl (C=O) groups excluding carboxylic acids is 1. The highest BCUT2D eigenvalue weighted by molar-refractivity contribution is 7.09. The van der Waals surface area contributed by atoms with Gasteiger partial charge >= 0.3 is 5.97 Å². The molecule has 0 saturated carbocycles. The molecule has 8 heteroatoms. The molecule has 136 valence electrons. The van der Waals surface area contributed by atoms with Gasteiger partial charge in [0.15, 0.2) is 11.4 Å². The van der Waals surface area contributed by atoms with Crippen LogP contribution in [-0.2, 0) is 11.3 Å². The molecule has 0 fully saturated rings. The number of rotatable bonds is 6. The molecule has 3 aromatic rings. The van der Waals surface area contributed by atoms with Crippen LogP contribution >= 0.6 is 11.3 Å². The molecule has 7 nitrogen and oxygen atoms in total. The first-order valence-corrected chi connectivity index (χ1v) is 9.13. The number of pyridine rings is 1. The zero-order chi connectivity index (χ0) is 18.7. The highest BCUT2D eigenvalue weighted by Gasteiger charge is 2.16. The van der Waals surface area contributed by atoms with E-state index in [9.17, 15) is 9.59 Å². The first-order chi connectivity index (χ1) is 12.5. The Bertz CT molecular complexity index is 994. The Morgan fingerprint density at radius 2 is 2.19 bits per heavy atom. The molecular formula is C18H19N3O4S. The Hall–Kier alpha value is -2.74. The highest BCUT2D eigenvalue weighted by atomic mass is 32.1. The summed E-state index contributed by atoms with van der Waals surface area (Å²) in [6.45, 7) is 6.33. The van der Waals surface area contributed by atoms with Crippen LogP contribution in [0.5, 0.6) is 5.75 Å². The van der Waals surface area contributed by atoms with Crippen molar-refractivity contribution in [3.63, 3.8) is 0 Å². The number of thiazole rings is 1. The molecule has 0 saturated heterocycles. The molecule has 0 aromatic carbocycles. The van der Waals surface area contributed by atoms with Gasteiger partial charge in [0.25, 0.3) is 5.56 Å². The van der Waals surface area contributed by atoms with Gasteiger partial charge < -0.3 is 9.47 Å². The third-order valence-corrected chi connectivity index (χ3v) is 4.54. The molecule has 26 heavy (non-hydrogen) atoms. The summed E-state index contributed by atoms with van der Waals surface area (Å²) in [7, 11) is 0. The van der Waals surface area contributed by atoms with Crippen LogP contribution < -0.4 is 10.3 Å². The van der Waals surface area contributed by atoms with Crippen LogP contribution in [0.3, 0.4) is 0 Å². The van der Waals surface area contributed by atoms with E-state index in [1.54, 1.807) is 25.3 Å². The van der Waals surface area contributed by atoms with Crippen molar-refractivity contribution in [1.82, 2.24) is 14.4 Å². The van der Waals surface area contributed by atoms with Gasteiger partial charge in [-0.3, -0.25) is 9.20 Å². The molecule has 3 rings (SSSR count). The minimum atomic E-state index is -0.685. The maximum atomic E-state index is 12.5. The highest BCUT2D eigenvalue weighted by Crippen LogP contribution is 2.21. The lowest BCUT2D eigenvalue weighted by Crippen LogP contribution is -2.24. The molecule has 0 N–H and O–H groups in total. The molecule has 0 spiro atoms. The molecule has 0 radical (unpaired) electrons. The van der Waals surface area contributed by atoms with E-state index in [1.807, 2.05) is 5.38 Å². The van der Waals surface area contributed by atoms with Crippen LogP contribution in [0.25, 0.3) is 5.65 Å². The second-order valence-corrected chi connectivity index (χ2v) is 6.82. The second kappa shape index (κ2) is 7.65. The van der Waals surface area contributed by atoms with E-state index in [1.165, 1.54) is 21.9 Å². The number of esters is 1. The predicted octanol–water partition coefficient (Wildman–Crippen LogP) is 3.03. The molecular weight excluding hydrogens is 354 g/mol. The van der Waals surface area contributed by atoms with E-state index < -0.39 is 11.5 Å². The summed E-state index contributed by atoms with van der Waals surface area (Å²) in [6.07, 6.45) is 2.77. The zero-order valence-electron chi connectivity index (χ0n) is 14.8. The third-order valence-electron chi connectivity index (χ3n) is 3.70. The van der Waals surface area contributed by atoms with E-state index in [-0.39, 0.29) is 18.8 Å². The fourth-order valence-corrected chi connectivity index (χ4v) is 3.21. The number of nitrogens with zero attached hydrogens (tertiary/aromatic N) is 3. The van der Waals surface area contributed by atoms with Crippen molar-refractivity contribution in [3.8, 4) is 5.75 Å². The Labute approximate surface area is 154 Å². The summed E-state index contributed by atoms with van der Waals surface area (Å²) in [5.41, 5.74) is 0.768. The zero-order valence-corrected chi connectivity index (χ0v) is 15.6. The largest absolute Gasteiger partial charge is 0.483 e. The molecule has 3 aromatic heterocycles. The first-order valence-electron chi connectivity index (χ1n) is 8.25. The molecule has 0 unspecified atom stereocenters. The van der Waals surface area contributed by atoms with Crippen molar-refractivity contribution in [2.45, 2.75) is 33.3 Å². The van der Waals surface area contributed by atoms with E-state index in [0.717, 1.165) is 10.7 Å². The Kier molecular flexibility index (Phi) is 5.32. The van der Waals surface area contributed by atoms with Gasteiger partial charge in [0, 0.05) is 17.8 Å². The fraction of sp³-hybridized carbons (Fsp3) is 0.333. The van der Waals surface area contributed by atoms with E-state index >= 15 is 0 Å². The summed E-state index contributed by atoms with van der Waals surface area (Å²) in [4.78, 5) is 33.1. The van der Waals surface area contributed by atoms with Gasteiger partial charge in [-0.15, -0.1) is 11.3 Å². The standard InChI is InChI=1S/C18H19N3O4S/c1-4-24-18(23)12-8-19-16-14(6-5-7-21(16)17(12)22)25-9-15-20-13(10-26-15)11(2)3/h5-8,10-11H,4,9H2,1-3H3. The van der Waals surface area contributed by atoms with Gasteiger partial charge in [0.05, 0.1) is 12.3 Å². The lowest BCUT2D eigenvalue weighted by Gasteiger charge is -2.09. The lowest BCUT2D eigenvalue weighted by molar-refractivity contribution is 0.0523. The van der Waals surface area contributed by atoms with Gasteiger partial charge in [0.1, 0.15) is 17.2 Å². The summed E-state index contributed by atoms with van der Waals surface area (Å²) >= 11 is 1.53. The number of hydrogen-bond acceptors (Lipinski definition) is 7. The summed E-state index contributed by atoms with van der Waals surface area (Å²) < 4.78 is 12.0. The third kappa shape index (κ3) is 3.60. The quantitative estimate of drug-likeness (QED) is 0.618. The van der Waals surface area contributed by atoms with Crippen molar-refractivity contribution in [1.29, 1.82) is 0 Å². The van der Waals surface area contributed by atoms with Crippen LogP contribution in [-0.4, -0.2) is 26.9 Å². The van der Waals surface area contributed by atoms with Gasteiger partial charge in [-0.2, -0.15) is 0 Å². The average Bonchev–Trinajstić information content (AvgIpc) is 3.10. The number of ether oxygens (including phenoxy) is 2. The molecule has 0 aliphatic rings. The summed E-state index contributed by atoms with van der Waals surface area (Å²) in [5.74, 6) is 0.120. The van der Waals surface area contributed by atoms with Gasteiger partial charge in [-0.25, -0.2) is 14.8 Å². The maximum absolute atomic E-state index is 12.5. The molecule has 0 atom stereocenters. The molecule has 0 aliphatic carbocycles. The molecule has 0 aliphatic heterocycles. The number of fused-ring (bicyclic) bond motifs is 1. The summed E-state index contributed by atoms with van der Waals surface area (Å²) in [5, 5.41) is 2.86.